The van der Waals surface area contributed by atoms with Crippen molar-refractivity contribution >= 4 is 11.9 Å². The summed E-state index contributed by atoms with van der Waals surface area (Å²) in [5, 5.41) is 2.82. The Kier molecular flexibility index (Phi) is 6.69. The maximum absolute atomic E-state index is 12.9. The fraction of sp³-hybridized carbons (Fsp3) is 0.300. The van der Waals surface area contributed by atoms with E-state index in [1.54, 1.807) is 0 Å². The largest absolute Gasteiger partial charge is 0.449 e. The van der Waals surface area contributed by atoms with Gasteiger partial charge >= 0.3 is 5.97 Å². The van der Waals surface area contributed by atoms with Crippen LogP contribution in [-0.2, 0) is 9.53 Å². The van der Waals surface area contributed by atoms with E-state index in [1.807, 2.05) is 30.3 Å². The van der Waals surface area contributed by atoms with Gasteiger partial charge in [0.15, 0.2) is 6.10 Å². The van der Waals surface area contributed by atoms with Crippen LogP contribution < -0.4 is 5.32 Å². The third-order valence-electron chi connectivity index (χ3n) is 4.02. The average Bonchev–Trinajstić information content (AvgIpc) is 2.63. The second kappa shape index (κ2) is 8.97. The van der Waals surface area contributed by atoms with Crippen LogP contribution in [0.4, 0.5) is 4.39 Å². The van der Waals surface area contributed by atoms with Crippen LogP contribution in [0.3, 0.4) is 0 Å². The summed E-state index contributed by atoms with van der Waals surface area (Å²) in [6.45, 7) is 4.04. The number of nitrogens with one attached hydrogen (secondary N) is 1. The van der Waals surface area contributed by atoms with E-state index in [9.17, 15) is 14.0 Å². The van der Waals surface area contributed by atoms with Crippen LogP contribution in [0.25, 0.3) is 0 Å². The lowest BCUT2D eigenvalue weighted by Crippen LogP contribution is -2.38. The van der Waals surface area contributed by atoms with Crippen LogP contribution in [0.15, 0.2) is 54.6 Å². The monoisotopic (exact) mass is 343 g/mol. The molecule has 0 heterocycles. The second-order valence-corrected chi connectivity index (χ2v) is 5.82. The van der Waals surface area contributed by atoms with Gasteiger partial charge in [-0.3, -0.25) is 4.79 Å². The second-order valence-electron chi connectivity index (χ2n) is 5.82. The molecule has 1 amide bonds. The summed E-state index contributed by atoms with van der Waals surface area (Å²) in [7, 11) is 0. The lowest BCUT2D eigenvalue weighted by Gasteiger charge is -2.18. The number of esters is 1. The smallest absolute Gasteiger partial charge is 0.338 e. The number of hydrogen-bond donors (Lipinski definition) is 1. The van der Waals surface area contributed by atoms with E-state index < -0.39 is 17.9 Å². The summed E-state index contributed by atoms with van der Waals surface area (Å²) in [6, 6.07) is 14.9. The van der Waals surface area contributed by atoms with Gasteiger partial charge in [-0.2, -0.15) is 0 Å². The third-order valence-corrected chi connectivity index (χ3v) is 4.02. The molecule has 0 aliphatic heterocycles. The number of halogens is 1. The molecule has 5 heteroatoms. The van der Waals surface area contributed by atoms with Gasteiger partial charge in [0.1, 0.15) is 5.82 Å². The lowest BCUT2D eigenvalue weighted by molar-refractivity contribution is -0.129. The van der Waals surface area contributed by atoms with Gasteiger partial charge in [-0.25, -0.2) is 9.18 Å². The first-order chi connectivity index (χ1) is 12.0. The van der Waals surface area contributed by atoms with Crippen molar-refractivity contribution in [3.8, 4) is 0 Å². The molecule has 0 aliphatic rings. The van der Waals surface area contributed by atoms with Crippen molar-refractivity contribution in [3.05, 3.63) is 71.5 Å². The Morgan fingerprint density at radius 3 is 2.32 bits per heavy atom. The van der Waals surface area contributed by atoms with E-state index >= 15 is 0 Å². The van der Waals surface area contributed by atoms with E-state index in [2.05, 4.69) is 12.2 Å². The first-order valence-electron chi connectivity index (χ1n) is 8.30. The summed E-state index contributed by atoms with van der Waals surface area (Å²) >= 11 is 0. The molecular weight excluding hydrogens is 321 g/mol. The molecule has 132 valence electrons. The van der Waals surface area contributed by atoms with Gasteiger partial charge in [0.05, 0.1) is 5.56 Å². The van der Waals surface area contributed by atoms with E-state index in [0.717, 1.165) is 12.0 Å². The molecule has 0 fully saturated rings. The Morgan fingerprint density at radius 2 is 1.72 bits per heavy atom. The van der Waals surface area contributed by atoms with Gasteiger partial charge < -0.3 is 10.1 Å². The van der Waals surface area contributed by atoms with Crippen molar-refractivity contribution in [1.29, 1.82) is 0 Å². The lowest BCUT2D eigenvalue weighted by atomic mass is 9.96. The van der Waals surface area contributed by atoms with E-state index in [-0.39, 0.29) is 17.4 Å². The van der Waals surface area contributed by atoms with Gasteiger partial charge in [0.25, 0.3) is 5.91 Å². The standard InChI is InChI=1S/C20H22FNO3/c1-3-15(16-7-5-4-6-8-16)13-22-19(23)14(2)25-20(24)17-9-11-18(21)12-10-17/h4-12,14-15H,3,13H2,1-2H3,(H,22,23)/t14-,15+/m0/s1. The molecule has 0 radical (unpaired) electrons. The number of rotatable bonds is 7. The molecular formula is C20H22FNO3. The summed E-state index contributed by atoms with van der Waals surface area (Å²) in [5.41, 5.74) is 1.36. The van der Waals surface area contributed by atoms with Crippen LogP contribution in [0.2, 0.25) is 0 Å². The minimum Gasteiger partial charge on any atom is -0.449 e. The molecule has 2 aromatic rings. The van der Waals surface area contributed by atoms with Crippen molar-refractivity contribution in [1.82, 2.24) is 5.32 Å². The summed E-state index contributed by atoms with van der Waals surface area (Å²) < 4.78 is 18.0. The molecule has 0 aromatic heterocycles. The third kappa shape index (κ3) is 5.41. The topological polar surface area (TPSA) is 55.4 Å². The highest BCUT2D eigenvalue weighted by Crippen LogP contribution is 2.18. The fourth-order valence-corrected chi connectivity index (χ4v) is 2.46. The first-order valence-corrected chi connectivity index (χ1v) is 8.30. The zero-order valence-corrected chi connectivity index (χ0v) is 14.4. The highest BCUT2D eigenvalue weighted by atomic mass is 19.1. The van der Waals surface area contributed by atoms with Crippen LogP contribution >= 0.6 is 0 Å². The average molecular weight is 343 g/mol. The number of carbonyl (C=O) groups is 2. The van der Waals surface area contributed by atoms with E-state index in [4.69, 9.17) is 4.74 Å². The van der Waals surface area contributed by atoms with Gasteiger partial charge in [-0.1, -0.05) is 37.3 Å². The number of hydrogen-bond acceptors (Lipinski definition) is 3. The molecule has 0 spiro atoms. The van der Waals surface area contributed by atoms with Crippen molar-refractivity contribution in [2.24, 2.45) is 0 Å². The van der Waals surface area contributed by atoms with Gasteiger partial charge in [-0.15, -0.1) is 0 Å². The number of benzene rings is 2. The van der Waals surface area contributed by atoms with Gasteiger partial charge in [0.2, 0.25) is 0 Å². The molecule has 2 rings (SSSR count). The van der Waals surface area contributed by atoms with Crippen molar-refractivity contribution < 1.29 is 18.7 Å². The van der Waals surface area contributed by atoms with Crippen molar-refractivity contribution in [2.45, 2.75) is 32.3 Å². The van der Waals surface area contributed by atoms with Crippen molar-refractivity contribution in [2.75, 3.05) is 6.54 Å². The molecule has 4 nitrogen and oxygen atoms in total. The van der Waals surface area contributed by atoms with E-state index in [0.29, 0.717) is 6.54 Å². The first kappa shape index (κ1) is 18.6. The molecule has 0 bridgehead atoms. The Balaban J connectivity index is 1.87. The molecule has 0 saturated heterocycles. The van der Waals surface area contributed by atoms with Crippen LogP contribution in [0, 0.1) is 5.82 Å². The molecule has 1 N–H and O–H groups in total. The van der Waals surface area contributed by atoms with Gasteiger partial charge in [0, 0.05) is 12.5 Å². The predicted octanol–water partition coefficient (Wildman–Crippen LogP) is 3.68. The minimum atomic E-state index is -0.925. The highest BCUT2D eigenvalue weighted by Gasteiger charge is 2.20. The zero-order chi connectivity index (χ0) is 18.2. The molecule has 25 heavy (non-hydrogen) atoms. The molecule has 2 aromatic carbocycles. The molecule has 0 aliphatic carbocycles. The Hall–Kier alpha value is -2.69. The Morgan fingerprint density at radius 1 is 1.08 bits per heavy atom. The minimum absolute atomic E-state index is 0.199. The number of ether oxygens (including phenoxy) is 1. The van der Waals surface area contributed by atoms with Crippen LogP contribution in [-0.4, -0.2) is 24.5 Å². The normalized spacial score (nSPS) is 12.9. The zero-order valence-electron chi connectivity index (χ0n) is 14.4. The maximum Gasteiger partial charge on any atom is 0.338 e. The van der Waals surface area contributed by atoms with Gasteiger partial charge in [-0.05, 0) is 43.2 Å². The van der Waals surface area contributed by atoms with Crippen LogP contribution in [0.1, 0.15) is 42.1 Å². The summed E-state index contributed by atoms with van der Waals surface area (Å²) in [4.78, 5) is 24.1. The predicted molar refractivity (Wildman–Crippen MR) is 93.8 cm³/mol. The Bertz CT molecular complexity index is 701. The quantitative estimate of drug-likeness (QED) is 0.780. The molecule has 0 unspecified atom stereocenters. The highest BCUT2D eigenvalue weighted by molar-refractivity contribution is 5.92. The van der Waals surface area contributed by atoms with E-state index in [1.165, 1.54) is 31.2 Å². The summed E-state index contributed by atoms with van der Waals surface area (Å²) in [5.74, 6) is -1.25. The van der Waals surface area contributed by atoms with Crippen LogP contribution in [0.5, 0.6) is 0 Å². The molecule has 2 atom stereocenters. The van der Waals surface area contributed by atoms with Crippen molar-refractivity contribution in [3.63, 3.8) is 0 Å². The SMILES string of the molecule is CC[C@H](CNC(=O)[C@H](C)OC(=O)c1ccc(F)cc1)c1ccccc1. The fourth-order valence-electron chi connectivity index (χ4n) is 2.46. The maximum atomic E-state index is 12.9. The number of amides is 1. The Labute approximate surface area is 147 Å². The summed E-state index contributed by atoms with van der Waals surface area (Å²) in [6.07, 6.45) is -0.0422. The molecule has 0 saturated carbocycles. The number of carbonyl (C=O) groups excluding carboxylic acids is 2.